The fourth-order valence-corrected chi connectivity index (χ4v) is 4.74. The largest absolute Gasteiger partial charge is 0.416 e. The van der Waals surface area contributed by atoms with Crippen LogP contribution in [-0.2, 0) is 17.5 Å². The molecule has 1 aromatic heterocycles. The first kappa shape index (κ1) is 30.8. The number of anilines is 1. The van der Waals surface area contributed by atoms with Crippen molar-refractivity contribution in [1.29, 1.82) is 0 Å². The van der Waals surface area contributed by atoms with Crippen molar-refractivity contribution in [2.45, 2.75) is 18.6 Å². The maximum absolute atomic E-state index is 14.0. The Hall–Kier alpha value is -5.65. The SMILES string of the molecule is O=C(Nc1nn[nH]n1)c1ccc(CN(CC(c2ccccc2)c2ccccc2)C(=O)/C=C/c2cc(F)cc(C(F)(F)F)c2)cc1. The van der Waals surface area contributed by atoms with Crippen LogP contribution >= 0.6 is 0 Å². The van der Waals surface area contributed by atoms with Gasteiger partial charge in [-0.25, -0.2) is 4.39 Å². The molecule has 0 saturated heterocycles. The Balaban J connectivity index is 1.43. The number of amides is 2. The number of nitrogens with zero attached hydrogens (tertiary/aromatic N) is 4. The highest BCUT2D eigenvalue weighted by molar-refractivity contribution is 6.03. The van der Waals surface area contributed by atoms with E-state index in [9.17, 15) is 27.2 Å². The fraction of sp³-hybridized carbons (Fsp3) is 0.121. The van der Waals surface area contributed by atoms with Gasteiger partial charge in [-0.05, 0) is 63.9 Å². The van der Waals surface area contributed by atoms with Gasteiger partial charge < -0.3 is 4.90 Å². The van der Waals surface area contributed by atoms with Crippen molar-refractivity contribution >= 4 is 23.8 Å². The molecule has 0 fully saturated rings. The number of tetrazole rings is 1. The molecule has 12 heteroatoms. The Morgan fingerprint density at radius 1 is 0.889 bits per heavy atom. The number of halogens is 4. The number of nitrogens with one attached hydrogen (secondary N) is 2. The van der Waals surface area contributed by atoms with Crippen LogP contribution in [0.25, 0.3) is 6.08 Å². The van der Waals surface area contributed by atoms with Crippen molar-refractivity contribution in [1.82, 2.24) is 25.5 Å². The van der Waals surface area contributed by atoms with Gasteiger partial charge >= 0.3 is 6.18 Å². The zero-order valence-electron chi connectivity index (χ0n) is 23.6. The Morgan fingerprint density at radius 2 is 1.53 bits per heavy atom. The van der Waals surface area contributed by atoms with Crippen LogP contribution in [0, 0.1) is 5.82 Å². The van der Waals surface area contributed by atoms with Crippen LogP contribution in [0.2, 0.25) is 0 Å². The van der Waals surface area contributed by atoms with Crippen LogP contribution in [0.1, 0.15) is 44.1 Å². The van der Waals surface area contributed by atoms with Crippen LogP contribution in [-0.4, -0.2) is 43.9 Å². The molecule has 1 heterocycles. The molecule has 8 nitrogen and oxygen atoms in total. The lowest BCUT2D eigenvalue weighted by Gasteiger charge is -2.28. The summed E-state index contributed by atoms with van der Waals surface area (Å²) in [5.74, 6) is -2.24. The van der Waals surface area contributed by atoms with Gasteiger partial charge in [-0.15, -0.1) is 5.10 Å². The smallest absolute Gasteiger partial charge is 0.334 e. The molecule has 0 radical (unpaired) electrons. The highest BCUT2D eigenvalue weighted by Gasteiger charge is 2.31. The number of rotatable bonds is 10. The molecule has 5 rings (SSSR count). The van der Waals surface area contributed by atoms with Crippen LogP contribution in [0.5, 0.6) is 0 Å². The summed E-state index contributed by atoms with van der Waals surface area (Å²) in [6, 6.07) is 27.9. The predicted molar refractivity (Wildman–Crippen MR) is 159 cm³/mol. The van der Waals surface area contributed by atoms with Gasteiger partial charge in [0.2, 0.25) is 5.91 Å². The number of H-pyrrole nitrogens is 1. The summed E-state index contributed by atoms with van der Waals surface area (Å²) < 4.78 is 53.8. The van der Waals surface area contributed by atoms with E-state index in [1.807, 2.05) is 60.7 Å². The van der Waals surface area contributed by atoms with Gasteiger partial charge in [-0.2, -0.15) is 18.4 Å². The van der Waals surface area contributed by atoms with Gasteiger partial charge in [0.15, 0.2) is 0 Å². The quantitative estimate of drug-likeness (QED) is 0.138. The first-order valence-corrected chi connectivity index (χ1v) is 13.7. The first-order chi connectivity index (χ1) is 21.7. The minimum absolute atomic E-state index is 0.0150. The van der Waals surface area contributed by atoms with Gasteiger partial charge in [-0.1, -0.05) is 77.9 Å². The number of benzene rings is 4. The lowest BCUT2D eigenvalue weighted by molar-refractivity contribution is -0.137. The number of carbonyl (C=O) groups is 2. The Morgan fingerprint density at radius 3 is 2.11 bits per heavy atom. The lowest BCUT2D eigenvalue weighted by atomic mass is 9.90. The molecular weight excluding hydrogens is 588 g/mol. The van der Waals surface area contributed by atoms with Gasteiger partial charge in [-0.3, -0.25) is 14.9 Å². The third-order valence-corrected chi connectivity index (χ3v) is 6.94. The maximum Gasteiger partial charge on any atom is 0.416 e. The third-order valence-electron chi connectivity index (χ3n) is 6.94. The van der Waals surface area contributed by atoms with E-state index < -0.39 is 29.4 Å². The van der Waals surface area contributed by atoms with E-state index >= 15 is 0 Å². The van der Waals surface area contributed by atoms with E-state index in [0.717, 1.165) is 29.3 Å². The van der Waals surface area contributed by atoms with Crippen LogP contribution in [0.15, 0.2) is 109 Å². The number of hydrogen-bond donors (Lipinski definition) is 2. The highest BCUT2D eigenvalue weighted by Crippen LogP contribution is 2.31. The van der Waals surface area contributed by atoms with E-state index in [0.29, 0.717) is 17.2 Å². The normalized spacial score (nSPS) is 11.6. The molecule has 0 atom stereocenters. The number of alkyl halides is 3. The minimum atomic E-state index is -4.74. The van der Waals surface area contributed by atoms with Crippen LogP contribution < -0.4 is 5.32 Å². The summed E-state index contributed by atoms with van der Waals surface area (Å²) in [7, 11) is 0. The van der Waals surface area contributed by atoms with Gasteiger partial charge in [0, 0.05) is 30.6 Å². The average Bonchev–Trinajstić information content (AvgIpc) is 3.55. The summed E-state index contributed by atoms with van der Waals surface area (Å²) in [4.78, 5) is 27.8. The van der Waals surface area contributed by atoms with Crippen LogP contribution in [0.3, 0.4) is 0 Å². The molecule has 0 saturated carbocycles. The molecule has 0 unspecified atom stereocenters. The van der Waals surface area contributed by atoms with Crippen molar-refractivity contribution in [2.75, 3.05) is 11.9 Å². The van der Waals surface area contributed by atoms with E-state index in [1.165, 1.54) is 6.08 Å². The second kappa shape index (κ2) is 13.8. The zero-order valence-corrected chi connectivity index (χ0v) is 23.6. The van der Waals surface area contributed by atoms with Gasteiger partial charge in [0.1, 0.15) is 5.82 Å². The molecule has 0 aliphatic heterocycles. The standard InChI is InChI=1S/C33H26F4N6O2/c34-28-18-23(17-27(19-28)33(35,36)37)13-16-30(44)43(21-29(24-7-3-1-4-8-24)25-9-5-2-6-10-25)20-22-11-14-26(15-12-22)31(45)38-32-39-41-42-40-32/h1-19,29H,20-21H2,(H2,38,39,40,41,42,45)/b16-13+. The molecule has 2 amide bonds. The van der Waals surface area contributed by atoms with Crippen molar-refractivity contribution < 1.29 is 27.2 Å². The fourth-order valence-electron chi connectivity index (χ4n) is 4.74. The van der Waals surface area contributed by atoms with Gasteiger partial charge in [0.25, 0.3) is 11.9 Å². The first-order valence-electron chi connectivity index (χ1n) is 13.7. The van der Waals surface area contributed by atoms with Gasteiger partial charge in [0.05, 0.1) is 5.56 Å². The van der Waals surface area contributed by atoms with Crippen molar-refractivity contribution in [3.8, 4) is 0 Å². The molecular formula is C33H26F4N6O2. The molecule has 0 aliphatic rings. The molecule has 45 heavy (non-hydrogen) atoms. The number of carbonyl (C=O) groups excluding carboxylic acids is 2. The number of aromatic amines is 1. The Labute approximate surface area is 255 Å². The van der Waals surface area contributed by atoms with Crippen LogP contribution in [0.4, 0.5) is 23.5 Å². The number of aromatic nitrogens is 4. The van der Waals surface area contributed by atoms with E-state index in [2.05, 4.69) is 25.9 Å². The minimum Gasteiger partial charge on any atom is -0.334 e. The summed E-state index contributed by atoms with van der Waals surface area (Å²) >= 11 is 0. The lowest BCUT2D eigenvalue weighted by Crippen LogP contribution is -2.33. The summed E-state index contributed by atoms with van der Waals surface area (Å²) in [5, 5.41) is 15.5. The molecule has 4 aromatic carbocycles. The highest BCUT2D eigenvalue weighted by atomic mass is 19.4. The zero-order chi connectivity index (χ0) is 31.8. The molecule has 0 aliphatic carbocycles. The van der Waals surface area contributed by atoms with E-state index in [4.69, 9.17) is 0 Å². The Kier molecular flexibility index (Phi) is 9.42. The average molecular weight is 615 g/mol. The Bertz CT molecular complexity index is 1720. The third kappa shape index (κ3) is 8.25. The summed E-state index contributed by atoms with van der Waals surface area (Å²) in [5.41, 5.74) is 1.67. The molecule has 2 N–H and O–H groups in total. The maximum atomic E-state index is 14.0. The molecule has 5 aromatic rings. The summed E-state index contributed by atoms with van der Waals surface area (Å²) in [6.07, 6.45) is -2.44. The molecule has 0 spiro atoms. The molecule has 228 valence electrons. The summed E-state index contributed by atoms with van der Waals surface area (Å²) in [6.45, 7) is 0.331. The van der Waals surface area contributed by atoms with Crippen molar-refractivity contribution in [2.24, 2.45) is 0 Å². The second-order valence-corrected chi connectivity index (χ2v) is 10.1. The second-order valence-electron chi connectivity index (χ2n) is 10.1. The monoisotopic (exact) mass is 614 g/mol. The molecule has 0 bridgehead atoms. The van der Waals surface area contributed by atoms with E-state index in [-0.39, 0.29) is 30.5 Å². The van der Waals surface area contributed by atoms with Crippen molar-refractivity contribution in [3.05, 3.63) is 148 Å². The van der Waals surface area contributed by atoms with Crippen molar-refractivity contribution in [3.63, 3.8) is 0 Å². The predicted octanol–water partition coefficient (Wildman–Crippen LogP) is 6.48. The topological polar surface area (TPSA) is 104 Å². The number of hydrogen-bond acceptors (Lipinski definition) is 5. The van der Waals surface area contributed by atoms with E-state index in [1.54, 1.807) is 29.2 Å².